The summed E-state index contributed by atoms with van der Waals surface area (Å²) in [6.07, 6.45) is 1.76. The number of rotatable bonds is 4. The molecule has 0 aliphatic carbocycles. The van der Waals surface area contributed by atoms with Gasteiger partial charge in [-0.05, 0) is 6.07 Å². The van der Waals surface area contributed by atoms with Crippen LogP contribution in [0.1, 0.15) is 11.1 Å². The van der Waals surface area contributed by atoms with Crippen LogP contribution in [0.2, 0.25) is 0 Å². The molecule has 0 atom stereocenters. The average molecular weight is 260 g/mol. The topological polar surface area (TPSA) is 3.88 Å². The van der Waals surface area contributed by atoms with Gasteiger partial charge in [-0.25, -0.2) is 0 Å². The molecule has 0 saturated carbocycles. The third kappa shape index (κ3) is 4.14. The Hall–Kier alpha value is -1.74. The van der Waals surface area contributed by atoms with Crippen molar-refractivity contribution in [2.75, 3.05) is 21.1 Å². The van der Waals surface area contributed by atoms with Crippen molar-refractivity contribution in [1.82, 2.24) is 0 Å². The van der Waals surface area contributed by atoms with Gasteiger partial charge in [-0.15, -0.1) is 4.39 Å². The van der Waals surface area contributed by atoms with Crippen molar-refractivity contribution in [3.05, 3.63) is 65.7 Å². The van der Waals surface area contributed by atoms with E-state index >= 15 is 0 Å². The maximum atomic E-state index is 13.5. The zero-order chi connectivity index (χ0) is 13.9. The molecule has 19 heavy (non-hydrogen) atoms. The molecule has 3 heteroatoms. The van der Waals surface area contributed by atoms with Gasteiger partial charge in [0.25, 0.3) is 0 Å². The lowest BCUT2D eigenvalue weighted by Gasteiger charge is -2.23. The minimum absolute atomic E-state index is 0.210. The Labute approximate surface area is 114 Å². The summed E-state index contributed by atoms with van der Waals surface area (Å²) < 4.78 is 16.0. The van der Waals surface area contributed by atoms with Crippen LogP contribution in [0.25, 0.3) is 0 Å². The van der Waals surface area contributed by atoms with Gasteiger partial charge in [0.2, 0.25) is 0 Å². The molecule has 0 saturated heterocycles. The number of halogens is 1. The van der Waals surface area contributed by atoms with Crippen molar-refractivity contribution in [2.45, 2.75) is 13.1 Å². The summed E-state index contributed by atoms with van der Waals surface area (Å²) >= 11 is 0. The van der Waals surface area contributed by atoms with Crippen molar-refractivity contribution in [3.63, 3.8) is 0 Å². The van der Waals surface area contributed by atoms with E-state index in [1.165, 1.54) is 11.6 Å². The molecule has 100 valence electrons. The van der Waals surface area contributed by atoms with E-state index in [0.29, 0.717) is 6.54 Å². The fraction of sp³-hybridized carbons (Fsp3) is 0.312. The lowest BCUT2D eigenvalue weighted by molar-refractivity contribution is -0.884. The molecule has 0 unspecified atom stereocenters. The van der Waals surface area contributed by atoms with Crippen LogP contribution in [0.4, 0.5) is 4.39 Å². The highest BCUT2D eigenvalue weighted by Crippen LogP contribution is 2.09. The van der Waals surface area contributed by atoms with Crippen LogP contribution in [-0.4, -0.2) is 25.6 Å². The van der Waals surface area contributed by atoms with Gasteiger partial charge in [-0.3, -0.25) is 0 Å². The molecule has 2 rings (SSSR count). The third-order valence-corrected chi connectivity index (χ3v) is 2.92. The Morgan fingerprint density at radius 1 is 0.947 bits per heavy atom. The number of benzene rings is 1. The third-order valence-electron chi connectivity index (χ3n) is 2.92. The van der Waals surface area contributed by atoms with Crippen molar-refractivity contribution < 1.29 is 13.4 Å². The lowest BCUT2D eigenvalue weighted by Crippen LogP contribution is -2.37. The number of hydrogen-bond acceptors (Lipinski definition) is 0. The van der Waals surface area contributed by atoms with E-state index in [0.717, 1.165) is 16.6 Å². The van der Waals surface area contributed by atoms with Gasteiger partial charge in [-0.1, -0.05) is 24.3 Å². The van der Waals surface area contributed by atoms with Gasteiger partial charge < -0.3 is 4.48 Å². The van der Waals surface area contributed by atoms with Crippen LogP contribution in [0.5, 0.6) is 0 Å². The summed E-state index contributed by atoms with van der Waals surface area (Å²) in [4.78, 5) is 0. The second-order valence-corrected chi connectivity index (χ2v) is 5.92. The summed E-state index contributed by atoms with van der Waals surface area (Å²) in [6, 6.07) is 13.4. The SMILES string of the molecule is C[N+](C)(C)Cc1ccc(C[n+]2ccccc2F)cc1. The Morgan fingerprint density at radius 2 is 1.58 bits per heavy atom. The Balaban J connectivity index is 2.09. The standard InChI is InChI=1S/C16H21FN2/c1-19(2,3)13-15-9-7-14(8-10-15)12-18-11-5-4-6-16(18)17/h4-11H,12-13H2,1-3H3/q+2. The van der Waals surface area contributed by atoms with Gasteiger partial charge in [0, 0.05) is 23.3 Å². The monoisotopic (exact) mass is 260 g/mol. The van der Waals surface area contributed by atoms with Crippen LogP contribution in [-0.2, 0) is 13.1 Å². The zero-order valence-electron chi connectivity index (χ0n) is 11.8. The molecule has 1 heterocycles. The van der Waals surface area contributed by atoms with Gasteiger partial charge in [0.1, 0.15) is 6.54 Å². The molecule has 0 aliphatic rings. The van der Waals surface area contributed by atoms with E-state index in [1.807, 2.05) is 6.07 Å². The van der Waals surface area contributed by atoms with E-state index < -0.39 is 0 Å². The van der Waals surface area contributed by atoms with E-state index in [-0.39, 0.29) is 5.95 Å². The van der Waals surface area contributed by atoms with E-state index in [9.17, 15) is 4.39 Å². The van der Waals surface area contributed by atoms with Crippen molar-refractivity contribution >= 4 is 0 Å². The molecule has 2 aromatic rings. The first-order chi connectivity index (χ1) is 8.94. The molecule has 1 aromatic heterocycles. The van der Waals surface area contributed by atoms with E-state index in [2.05, 4.69) is 45.4 Å². The molecule has 0 spiro atoms. The number of aromatic nitrogens is 1. The van der Waals surface area contributed by atoms with Crippen molar-refractivity contribution in [1.29, 1.82) is 0 Å². The normalized spacial score (nSPS) is 11.6. The molecule has 0 fully saturated rings. The first-order valence-corrected chi connectivity index (χ1v) is 6.46. The van der Waals surface area contributed by atoms with Crippen molar-refractivity contribution in [3.8, 4) is 0 Å². The predicted molar refractivity (Wildman–Crippen MR) is 73.9 cm³/mol. The summed E-state index contributed by atoms with van der Waals surface area (Å²) in [5.41, 5.74) is 2.41. The second kappa shape index (κ2) is 5.49. The highest BCUT2D eigenvalue weighted by molar-refractivity contribution is 5.21. The molecule has 1 aromatic carbocycles. The highest BCUT2D eigenvalue weighted by Gasteiger charge is 2.11. The minimum Gasteiger partial charge on any atom is -0.327 e. The molecule has 0 bridgehead atoms. The molecule has 2 nitrogen and oxygen atoms in total. The van der Waals surface area contributed by atoms with Crippen LogP contribution < -0.4 is 4.57 Å². The van der Waals surface area contributed by atoms with Crippen LogP contribution >= 0.6 is 0 Å². The Kier molecular flexibility index (Phi) is 3.96. The van der Waals surface area contributed by atoms with Crippen molar-refractivity contribution in [2.24, 2.45) is 0 Å². The molecule has 0 aliphatic heterocycles. The first-order valence-electron chi connectivity index (χ1n) is 6.46. The fourth-order valence-corrected chi connectivity index (χ4v) is 2.08. The zero-order valence-corrected chi connectivity index (χ0v) is 11.8. The summed E-state index contributed by atoms with van der Waals surface area (Å²) in [5.74, 6) is -0.210. The average Bonchev–Trinajstić information content (AvgIpc) is 2.33. The second-order valence-electron chi connectivity index (χ2n) is 5.92. The lowest BCUT2D eigenvalue weighted by atomic mass is 10.1. The largest absolute Gasteiger partial charge is 0.359 e. The Morgan fingerprint density at radius 3 is 2.16 bits per heavy atom. The number of hydrogen-bond donors (Lipinski definition) is 0. The van der Waals surface area contributed by atoms with Gasteiger partial charge in [0.15, 0.2) is 12.7 Å². The molecular formula is C16H21FN2+2. The maximum Gasteiger partial charge on any atom is 0.359 e. The molecule has 0 N–H and O–H groups in total. The van der Waals surface area contributed by atoms with Gasteiger partial charge in [0.05, 0.1) is 21.1 Å². The van der Waals surface area contributed by atoms with Crippen LogP contribution in [0.3, 0.4) is 0 Å². The quantitative estimate of drug-likeness (QED) is 0.451. The smallest absolute Gasteiger partial charge is 0.327 e. The molecule has 0 amide bonds. The summed E-state index contributed by atoms with van der Waals surface area (Å²) in [6.45, 7) is 1.56. The maximum absolute atomic E-state index is 13.5. The predicted octanol–water partition coefficient (Wildman–Crippen LogP) is 2.37. The van der Waals surface area contributed by atoms with Gasteiger partial charge >= 0.3 is 5.95 Å². The van der Waals surface area contributed by atoms with Gasteiger partial charge in [-0.2, -0.15) is 4.57 Å². The first kappa shape index (κ1) is 13.7. The number of quaternary nitrogens is 1. The fourth-order valence-electron chi connectivity index (χ4n) is 2.08. The van der Waals surface area contributed by atoms with Crippen LogP contribution in [0.15, 0.2) is 48.7 Å². The summed E-state index contributed by atoms with van der Waals surface area (Å²) in [7, 11) is 6.51. The van der Waals surface area contributed by atoms with E-state index in [4.69, 9.17) is 0 Å². The van der Waals surface area contributed by atoms with E-state index in [1.54, 1.807) is 16.8 Å². The highest BCUT2D eigenvalue weighted by atomic mass is 19.1. The van der Waals surface area contributed by atoms with Crippen LogP contribution in [0, 0.1) is 5.95 Å². The Bertz CT molecular complexity index is 541. The number of nitrogens with zero attached hydrogens (tertiary/aromatic N) is 2. The summed E-state index contributed by atoms with van der Waals surface area (Å²) in [5, 5.41) is 0. The number of pyridine rings is 1. The molecule has 0 radical (unpaired) electrons. The minimum atomic E-state index is -0.210. The molecular weight excluding hydrogens is 239 g/mol.